The summed E-state index contributed by atoms with van der Waals surface area (Å²) >= 11 is 6.75. The molecule has 0 unspecified atom stereocenters. The van der Waals surface area contributed by atoms with Crippen LogP contribution in [0.2, 0.25) is 0 Å². The van der Waals surface area contributed by atoms with Gasteiger partial charge in [-0.2, -0.15) is 0 Å². The standard InChI is InChI=1S/C48H31N3.C30H19BrN2.C18H14BNO2.C13H10.C6H3BrF2/c1-8-22-42(51-47-27-13-6-20-40(47)41-21-7-14-28-48(41)51)35(15-1)32-29-33(49-43-23-9-2-16-36(43)37-17-3-10-24-44(37)49)31-34(30-32)50-45-25-11-4-18-38(45)39-19-5-12-26-46(39)50;31-20-17-21(32-27-13-5-1-9-23(27)24-10-2-6-14-28(24)32)19-22(18-20)33-29-15-7-3-11-25(29)26-12-4-8-16-30(26)33;21-19(22)15-9-3-6-12-18(15)20-16-10-4-1-7-13(16)14-8-2-5-11-17(14)20;1-3-7-12-10(5-1)9-11-6-2-4-8-13(11)12;7-4-1-5(8)3-6(9)2-4/h1-31H;1-19H;1-12,21-22H;1-8H,9H2;1-3H. The Morgan fingerprint density at radius 2 is 0.430 bits per heavy atom. The SMILES string of the molecule is Brc1cc(-n2c3ccccc3c3ccccc32)cc(-n2c3ccccc3c3ccccc32)c1.Fc1cc(F)cc(Br)c1.OB(O)c1ccccc1-n1c2ccccc2c2ccccc21.c1ccc(-n2c3ccccc3c3ccccc32)c(-c2cc(-n3c4ccccc4c4ccccc43)cc(-n3c4ccccc4c4ccccc43)c2)c1.c1ccc2c(c1)Cc1ccccc1-2. The van der Waals surface area contributed by atoms with Gasteiger partial charge in [0.2, 0.25) is 0 Å². The van der Waals surface area contributed by atoms with Crippen LogP contribution in [0.1, 0.15) is 11.1 Å². The lowest BCUT2D eigenvalue weighted by atomic mass is 9.79. The van der Waals surface area contributed by atoms with Crippen molar-refractivity contribution >= 4 is 175 Å². The van der Waals surface area contributed by atoms with Crippen molar-refractivity contribution in [3.8, 4) is 56.4 Å². The normalized spacial score (nSPS) is 11.6. The molecule has 25 aromatic rings. The number of hydrogen-bond donors (Lipinski definition) is 2. The Kier molecular flexibility index (Phi) is 20.5. The zero-order valence-corrected chi connectivity index (χ0v) is 72.2. The smallest absolute Gasteiger partial charge is 0.423 e. The van der Waals surface area contributed by atoms with E-state index in [1.165, 1.54) is 149 Å². The van der Waals surface area contributed by atoms with Crippen molar-refractivity contribution in [1.82, 2.24) is 27.4 Å². The highest BCUT2D eigenvalue weighted by atomic mass is 79.9. The predicted octanol–water partition coefficient (Wildman–Crippen LogP) is 29.7. The molecule has 6 aromatic heterocycles. The second-order valence-electron chi connectivity index (χ2n) is 32.2. The first-order chi connectivity index (χ1) is 63.0. The summed E-state index contributed by atoms with van der Waals surface area (Å²) in [5.74, 6) is -1.14. The van der Waals surface area contributed by atoms with Crippen molar-refractivity contribution in [3.63, 3.8) is 0 Å². The molecule has 0 aliphatic heterocycles. The van der Waals surface area contributed by atoms with Crippen molar-refractivity contribution in [2.45, 2.75) is 6.42 Å². The first-order valence-corrected chi connectivity index (χ1v) is 44.3. The van der Waals surface area contributed by atoms with E-state index in [2.05, 4.69) is 435 Å². The van der Waals surface area contributed by atoms with Crippen LogP contribution in [0, 0.1) is 11.6 Å². The highest BCUT2D eigenvalue weighted by Crippen LogP contribution is 2.44. The van der Waals surface area contributed by atoms with E-state index < -0.39 is 18.8 Å². The van der Waals surface area contributed by atoms with Crippen molar-refractivity contribution in [2.75, 3.05) is 0 Å². The van der Waals surface area contributed by atoms with Crippen molar-refractivity contribution in [2.24, 2.45) is 0 Å². The molecule has 0 saturated carbocycles. The summed E-state index contributed by atoms with van der Waals surface area (Å²) < 4.78 is 39.9. The van der Waals surface area contributed by atoms with Gasteiger partial charge in [0.25, 0.3) is 0 Å². The first-order valence-electron chi connectivity index (χ1n) is 42.7. The summed E-state index contributed by atoms with van der Waals surface area (Å²) in [5, 5.41) is 34.3. The average Bonchev–Trinajstić information content (AvgIpc) is 1.55. The maximum absolute atomic E-state index is 12.2. The number of halogens is 4. The van der Waals surface area contributed by atoms with Gasteiger partial charge in [0.05, 0.1) is 71.9 Å². The Morgan fingerprint density at radius 3 is 0.719 bits per heavy atom. The molecule has 0 saturated heterocycles. The fourth-order valence-electron chi connectivity index (χ4n) is 19.4. The number of benzene rings is 19. The molecule has 0 amide bonds. The number of rotatable bonds is 8. The van der Waals surface area contributed by atoms with E-state index in [1.54, 1.807) is 6.07 Å². The number of hydrogen-bond acceptors (Lipinski definition) is 2. The lowest BCUT2D eigenvalue weighted by Crippen LogP contribution is -2.33. The molecule has 13 heteroatoms. The van der Waals surface area contributed by atoms with Crippen LogP contribution in [0.5, 0.6) is 0 Å². The fourth-order valence-corrected chi connectivity index (χ4v) is 20.3. The van der Waals surface area contributed by atoms with Gasteiger partial charge in [-0.1, -0.05) is 335 Å². The third-order valence-corrected chi connectivity index (χ3v) is 25.6. The van der Waals surface area contributed by atoms with Crippen LogP contribution in [0.4, 0.5) is 8.78 Å². The molecule has 8 nitrogen and oxygen atoms in total. The molecular weight excluding hydrogens is 1710 g/mol. The van der Waals surface area contributed by atoms with Gasteiger partial charge in [0, 0.05) is 119 Å². The minimum Gasteiger partial charge on any atom is -0.423 e. The van der Waals surface area contributed by atoms with E-state index in [1.807, 2.05) is 42.5 Å². The molecule has 0 radical (unpaired) electrons. The molecule has 1 aliphatic carbocycles. The van der Waals surface area contributed by atoms with E-state index in [9.17, 15) is 18.8 Å². The van der Waals surface area contributed by atoms with Gasteiger partial charge in [-0.05, 0) is 168 Å². The molecule has 6 heterocycles. The Bertz CT molecular complexity index is 7970. The molecule has 2 N–H and O–H groups in total. The monoisotopic (exact) mass is 1780 g/mol. The number of para-hydroxylation sites is 14. The highest BCUT2D eigenvalue weighted by Gasteiger charge is 2.25. The molecule has 610 valence electrons. The molecule has 19 aromatic carbocycles. The maximum Gasteiger partial charge on any atom is 0.490 e. The second-order valence-corrected chi connectivity index (χ2v) is 34.0. The van der Waals surface area contributed by atoms with Crippen LogP contribution in [0.25, 0.3) is 187 Å². The van der Waals surface area contributed by atoms with Gasteiger partial charge in [-0.15, -0.1) is 0 Å². The zero-order chi connectivity index (χ0) is 86.0. The largest absolute Gasteiger partial charge is 0.490 e. The molecule has 0 atom stereocenters. The van der Waals surface area contributed by atoms with E-state index in [-0.39, 0.29) is 0 Å². The van der Waals surface area contributed by atoms with Crippen molar-refractivity contribution in [3.05, 3.63) is 475 Å². The Balaban J connectivity index is 0.000000107. The summed E-state index contributed by atoms with van der Waals surface area (Å²) in [6.07, 6.45) is 1.10. The third kappa shape index (κ3) is 14.0. The summed E-state index contributed by atoms with van der Waals surface area (Å²) in [7, 11) is -1.50. The van der Waals surface area contributed by atoms with Gasteiger partial charge in [-0.3, -0.25) is 0 Å². The van der Waals surface area contributed by atoms with Crippen LogP contribution in [0.3, 0.4) is 0 Å². The first kappa shape index (κ1) is 78.7. The minimum atomic E-state index is -1.50. The summed E-state index contributed by atoms with van der Waals surface area (Å²) in [5.41, 5.74) is 29.2. The minimum absolute atomic E-state index is 0.417. The molecule has 0 fully saturated rings. The molecule has 0 spiro atoms. The van der Waals surface area contributed by atoms with Gasteiger partial charge >= 0.3 is 7.12 Å². The summed E-state index contributed by atoms with van der Waals surface area (Å²) in [6.45, 7) is 0. The molecule has 128 heavy (non-hydrogen) atoms. The van der Waals surface area contributed by atoms with E-state index in [4.69, 9.17) is 0 Å². The Hall–Kier alpha value is -15.2. The quantitative estimate of drug-likeness (QED) is 0.149. The number of nitrogens with zero attached hydrogens (tertiary/aromatic N) is 6. The second kappa shape index (κ2) is 33.4. The van der Waals surface area contributed by atoms with Crippen LogP contribution in [-0.2, 0) is 6.42 Å². The van der Waals surface area contributed by atoms with Gasteiger partial charge in [0.15, 0.2) is 0 Å². The van der Waals surface area contributed by atoms with Crippen LogP contribution in [-0.4, -0.2) is 44.6 Å². The number of fused-ring (bicyclic) bond motifs is 21. The lowest BCUT2D eigenvalue weighted by Gasteiger charge is -2.18. The topological polar surface area (TPSA) is 70.0 Å². The van der Waals surface area contributed by atoms with Gasteiger partial charge in [0.1, 0.15) is 11.6 Å². The highest BCUT2D eigenvalue weighted by molar-refractivity contribution is 9.10. The fraction of sp³-hybridized carbons (Fsp3) is 0.00870. The molecular formula is C115H77BBr2F2N6O2. The van der Waals surface area contributed by atoms with E-state index >= 15 is 0 Å². The van der Waals surface area contributed by atoms with Crippen LogP contribution in [0.15, 0.2) is 452 Å². The Morgan fingerprint density at radius 1 is 0.211 bits per heavy atom. The van der Waals surface area contributed by atoms with E-state index in [0.29, 0.717) is 9.94 Å². The predicted molar refractivity (Wildman–Crippen MR) is 537 cm³/mol. The Labute approximate surface area is 753 Å². The molecule has 1 aliphatic rings. The van der Waals surface area contributed by atoms with Gasteiger partial charge in [-0.25, -0.2) is 8.78 Å². The summed E-state index contributed by atoms with van der Waals surface area (Å²) in [4.78, 5) is 0. The van der Waals surface area contributed by atoms with Crippen molar-refractivity contribution < 1.29 is 18.8 Å². The molecule has 26 rings (SSSR count). The zero-order valence-electron chi connectivity index (χ0n) is 69.0. The van der Waals surface area contributed by atoms with Gasteiger partial charge < -0.3 is 37.5 Å². The lowest BCUT2D eigenvalue weighted by molar-refractivity contribution is 0.425. The van der Waals surface area contributed by atoms with Crippen LogP contribution < -0.4 is 5.46 Å². The van der Waals surface area contributed by atoms with E-state index in [0.717, 1.165) is 78.5 Å². The molecule has 0 bridgehead atoms. The summed E-state index contributed by atoms with van der Waals surface area (Å²) in [6, 6.07) is 154. The maximum atomic E-state index is 12.2. The van der Waals surface area contributed by atoms with Crippen LogP contribution >= 0.6 is 31.9 Å². The van der Waals surface area contributed by atoms with Crippen molar-refractivity contribution in [1.29, 1.82) is 0 Å². The third-order valence-electron chi connectivity index (χ3n) is 24.7. The number of aromatic nitrogens is 6. The average molecular weight is 1780 g/mol.